The van der Waals surface area contributed by atoms with Crippen LogP contribution in [0.4, 0.5) is 5.69 Å². The average Bonchev–Trinajstić information content (AvgIpc) is 3.11. The van der Waals surface area contributed by atoms with Gasteiger partial charge in [-0.3, -0.25) is 13.9 Å². The summed E-state index contributed by atoms with van der Waals surface area (Å²) >= 11 is 6.19. The van der Waals surface area contributed by atoms with E-state index in [0.29, 0.717) is 23.1 Å². The lowest BCUT2D eigenvalue weighted by Gasteiger charge is -2.35. The van der Waals surface area contributed by atoms with Crippen LogP contribution in [-0.4, -0.2) is 50.4 Å². The molecular weight excluding hydrogens is 646 g/mol. The predicted octanol–water partition coefficient (Wildman–Crippen LogP) is 7.02. The van der Waals surface area contributed by atoms with Crippen LogP contribution >= 0.6 is 11.6 Å². The normalized spacial score (nSPS) is 14.1. The van der Waals surface area contributed by atoms with Crippen LogP contribution in [0.2, 0.25) is 5.02 Å². The van der Waals surface area contributed by atoms with E-state index in [2.05, 4.69) is 5.32 Å². The summed E-state index contributed by atoms with van der Waals surface area (Å²) < 4.78 is 35.1. The van der Waals surface area contributed by atoms with E-state index in [1.807, 2.05) is 49.4 Å². The lowest BCUT2D eigenvalue weighted by atomic mass is 9.94. The van der Waals surface area contributed by atoms with Crippen molar-refractivity contribution in [3.05, 3.63) is 125 Å². The first-order chi connectivity index (χ1) is 23.2. The van der Waals surface area contributed by atoms with Crippen molar-refractivity contribution in [1.82, 2.24) is 10.2 Å². The molecule has 48 heavy (non-hydrogen) atoms. The van der Waals surface area contributed by atoms with Gasteiger partial charge in [0.2, 0.25) is 11.8 Å². The zero-order chi connectivity index (χ0) is 33.9. The van der Waals surface area contributed by atoms with Crippen LogP contribution in [0.15, 0.2) is 114 Å². The maximum Gasteiger partial charge on any atom is 0.264 e. The predicted molar refractivity (Wildman–Crippen MR) is 190 cm³/mol. The van der Waals surface area contributed by atoms with Gasteiger partial charge in [-0.15, -0.1) is 0 Å². The largest absolute Gasteiger partial charge is 0.494 e. The molecule has 252 valence electrons. The molecule has 4 aromatic carbocycles. The van der Waals surface area contributed by atoms with Crippen molar-refractivity contribution in [3.8, 4) is 5.75 Å². The van der Waals surface area contributed by atoms with Gasteiger partial charge in [0.15, 0.2) is 0 Å². The Kier molecular flexibility index (Phi) is 12.1. The number of ether oxygens (including phenoxy) is 1. The maximum atomic E-state index is 14.6. The number of carbonyl (C=O) groups is 2. The Morgan fingerprint density at radius 2 is 1.46 bits per heavy atom. The van der Waals surface area contributed by atoms with Crippen LogP contribution < -0.4 is 14.4 Å². The van der Waals surface area contributed by atoms with Gasteiger partial charge in [-0.05, 0) is 79.4 Å². The molecule has 1 atom stereocenters. The molecule has 4 aromatic rings. The van der Waals surface area contributed by atoms with E-state index in [9.17, 15) is 18.0 Å². The van der Waals surface area contributed by atoms with Gasteiger partial charge in [0, 0.05) is 24.0 Å². The van der Waals surface area contributed by atoms with Crippen molar-refractivity contribution in [1.29, 1.82) is 0 Å². The van der Waals surface area contributed by atoms with Gasteiger partial charge in [-0.2, -0.15) is 0 Å². The second-order valence-corrected chi connectivity index (χ2v) is 14.2. The van der Waals surface area contributed by atoms with Gasteiger partial charge < -0.3 is 15.0 Å². The Bertz CT molecular complexity index is 1730. The molecule has 1 saturated carbocycles. The molecule has 1 N–H and O–H groups in total. The van der Waals surface area contributed by atoms with Crippen molar-refractivity contribution >= 4 is 39.1 Å². The fourth-order valence-corrected chi connectivity index (χ4v) is 7.55. The number of anilines is 1. The van der Waals surface area contributed by atoms with Gasteiger partial charge >= 0.3 is 0 Å². The summed E-state index contributed by atoms with van der Waals surface area (Å²) in [5.74, 6) is -0.225. The highest BCUT2D eigenvalue weighted by Gasteiger charge is 2.35. The first-order valence-electron chi connectivity index (χ1n) is 16.4. The number of carbonyl (C=O) groups excluding carboxylic acids is 2. The van der Waals surface area contributed by atoms with Crippen molar-refractivity contribution in [3.63, 3.8) is 0 Å². The van der Waals surface area contributed by atoms with Gasteiger partial charge in [-0.1, -0.05) is 91.5 Å². The molecule has 2 amide bonds. The summed E-state index contributed by atoms with van der Waals surface area (Å²) in [6, 6.07) is 30.5. The molecule has 1 fully saturated rings. The highest BCUT2D eigenvalue weighted by atomic mass is 35.5. The number of para-hydroxylation sites is 1. The Hall–Kier alpha value is -4.34. The van der Waals surface area contributed by atoms with Crippen LogP contribution in [0.1, 0.15) is 50.2 Å². The minimum Gasteiger partial charge on any atom is -0.494 e. The summed E-state index contributed by atoms with van der Waals surface area (Å²) in [6.45, 7) is 1.86. The van der Waals surface area contributed by atoms with Gasteiger partial charge in [0.1, 0.15) is 18.3 Å². The minimum absolute atomic E-state index is 0.0164. The van der Waals surface area contributed by atoms with Crippen LogP contribution in [0.25, 0.3) is 0 Å². The van der Waals surface area contributed by atoms with Crippen LogP contribution in [-0.2, 0) is 32.6 Å². The average molecular weight is 688 g/mol. The van der Waals surface area contributed by atoms with Crippen molar-refractivity contribution in [2.45, 2.75) is 69.0 Å². The van der Waals surface area contributed by atoms with E-state index in [0.717, 1.165) is 47.5 Å². The van der Waals surface area contributed by atoms with Crippen LogP contribution in [0.3, 0.4) is 0 Å². The molecule has 5 rings (SSSR count). The number of hydrogen-bond donors (Lipinski definition) is 1. The summed E-state index contributed by atoms with van der Waals surface area (Å²) in [4.78, 5) is 30.4. The Balaban J connectivity index is 1.53. The highest BCUT2D eigenvalue weighted by molar-refractivity contribution is 7.92. The zero-order valence-corrected chi connectivity index (χ0v) is 28.7. The summed E-state index contributed by atoms with van der Waals surface area (Å²) in [6.07, 6.45) is 5.25. The van der Waals surface area contributed by atoms with E-state index in [-0.39, 0.29) is 29.8 Å². The molecule has 1 aliphatic carbocycles. The second-order valence-electron chi connectivity index (χ2n) is 11.9. The van der Waals surface area contributed by atoms with Crippen molar-refractivity contribution in [2.24, 2.45) is 0 Å². The second kappa shape index (κ2) is 16.7. The minimum atomic E-state index is -4.21. The molecule has 0 unspecified atom stereocenters. The molecule has 8 nitrogen and oxygen atoms in total. The number of hydrogen-bond acceptors (Lipinski definition) is 5. The van der Waals surface area contributed by atoms with E-state index in [1.165, 1.54) is 17.0 Å². The molecule has 0 aromatic heterocycles. The first kappa shape index (κ1) is 35.0. The molecule has 0 bridgehead atoms. The number of halogens is 1. The fraction of sp³-hybridized carbons (Fsp3) is 0.316. The smallest absolute Gasteiger partial charge is 0.264 e. The third kappa shape index (κ3) is 9.17. The van der Waals surface area contributed by atoms with Gasteiger partial charge in [0.25, 0.3) is 10.0 Å². The fourth-order valence-electron chi connectivity index (χ4n) is 6.01. The van der Waals surface area contributed by atoms with Gasteiger partial charge in [-0.25, -0.2) is 8.42 Å². The highest BCUT2D eigenvalue weighted by Crippen LogP contribution is 2.27. The standard InChI is InChI=1S/C38H42ClN3O5S/c1-2-47-34-22-24-35(25-23-34)48(45,46)42(33-16-10-5-11-17-33)28-37(43)41(27-30-18-20-31(39)21-19-30)36(26-29-12-6-3-7-13-29)38(44)40-32-14-8-4-9-15-32/h3,5-7,10-13,16-25,32,36H,2,4,8-9,14-15,26-28H2,1H3,(H,40,44)/t36-/m1/s1. The SMILES string of the molecule is CCOc1ccc(S(=O)(=O)N(CC(=O)N(Cc2ccc(Cl)cc2)[C@H](Cc2ccccc2)C(=O)NC2CCCCC2)c2ccccc2)cc1. The van der Waals surface area contributed by atoms with E-state index >= 15 is 0 Å². The summed E-state index contributed by atoms with van der Waals surface area (Å²) in [5.41, 5.74) is 1.98. The van der Waals surface area contributed by atoms with Gasteiger partial charge in [0.05, 0.1) is 17.2 Å². The number of nitrogens with one attached hydrogen (secondary N) is 1. The topological polar surface area (TPSA) is 96.0 Å². The number of benzene rings is 4. The zero-order valence-electron chi connectivity index (χ0n) is 27.1. The van der Waals surface area contributed by atoms with E-state index < -0.39 is 28.5 Å². The lowest BCUT2D eigenvalue weighted by molar-refractivity contribution is -0.140. The third-order valence-electron chi connectivity index (χ3n) is 8.53. The molecule has 1 aliphatic rings. The van der Waals surface area contributed by atoms with Crippen LogP contribution in [0.5, 0.6) is 5.75 Å². The maximum absolute atomic E-state index is 14.6. The summed E-state index contributed by atoms with van der Waals surface area (Å²) in [7, 11) is -4.21. The molecule has 0 spiro atoms. The van der Waals surface area contributed by atoms with Crippen LogP contribution in [0, 0.1) is 0 Å². The molecule has 10 heteroatoms. The summed E-state index contributed by atoms with van der Waals surface area (Å²) in [5, 5.41) is 3.77. The Morgan fingerprint density at radius 1 is 0.833 bits per heavy atom. The monoisotopic (exact) mass is 687 g/mol. The first-order valence-corrected chi connectivity index (χ1v) is 18.2. The molecule has 0 saturated heterocycles. The van der Waals surface area contributed by atoms with Crippen molar-refractivity contribution in [2.75, 3.05) is 17.5 Å². The third-order valence-corrected chi connectivity index (χ3v) is 10.6. The Morgan fingerprint density at radius 3 is 2.08 bits per heavy atom. The number of nitrogens with zero attached hydrogens (tertiary/aromatic N) is 2. The molecular formula is C38H42ClN3O5S. The molecule has 0 radical (unpaired) electrons. The lowest BCUT2D eigenvalue weighted by Crippen LogP contribution is -2.55. The molecule has 0 heterocycles. The Labute approximate surface area is 288 Å². The van der Waals surface area contributed by atoms with Crippen molar-refractivity contribution < 1.29 is 22.7 Å². The molecule has 0 aliphatic heterocycles. The quantitative estimate of drug-likeness (QED) is 0.154. The number of amides is 2. The number of rotatable bonds is 14. The number of sulfonamides is 1. The van der Waals surface area contributed by atoms with E-state index in [4.69, 9.17) is 16.3 Å². The van der Waals surface area contributed by atoms with E-state index in [1.54, 1.807) is 54.6 Å².